The Morgan fingerprint density at radius 1 is 1.14 bits per heavy atom. The van der Waals surface area contributed by atoms with E-state index in [9.17, 15) is 5.11 Å². The third-order valence-corrected chi connectivity index (χ3v) is 12.4. The number of ether oxygens (including phenoxy) is 1. The molecule has 37 heavy (non-hydrogen) atoms. The first-order valence-electron chi connectivity index (χ1n) is 14.5. The van der Waals surface area contributed by atoms with Crippen molar-refractivity contribution in [2.75, 3.05) is 13.1 Å². The van der Waals surface area contributed by atoms with Gasteiger partial charge in [-0.1, -0.05) is 31.2 Å². The first-order chi connectivity index (χ1) is 17.9. The van der Waals surface area contributed by atoms with Crippen LogP contribution in [0.4, 0.5) is 0 Å². The van der Waals surface area contributed by atoms with E-state index >= 15 is 0 Å². The molecular weight excluding hydrogens is 458 g/mol. The van der Waals surface area contributed by atoms with Gasteiger partial charge in [-0.2, -0.15) is 0 Å². The summed E-state index contributed by atoms with van der Waals surface area (Å²) >= 11 is 0. The number of aliphatic hydroxyl groups is 1. The summed E-state index contributed by atoms with van der Waals surface area (Å²) in [7, 11) is 0. The Hall–Kier alpha value is -2.05. The minimum Gasteiger partial charge on any atom is -0.391 e. The lowest BCUT2D eigenvalue weighted by Gasteiger charge is -2.57. The number of rotatable bonds is 2. The van der Waals surface area contributed by atoms with E-state index in [0.717, 1.165) is 51.1 Å². The molecule has 2 spiro atoms. The first-order valence-corrected chi connectivity index (χ1v) is 14.5. The minimum atomic E-state index is -0.319. The molecule has 0 amide bonds. The van der Waals surface area contributed by atoms with Gasteiger partial charge in [0.2, 0.25) is 0 Å². The Kier molecular flexibility index (Phi) is 3.98. The summed E-state index contributed by atoms with van der Waals surface area (Å²) in [5.41, 5.74) is 10.5. The van der Waals surface area contributed by atoms with E-state index in [1.807, 2.05) is 12.4 Å². The molecule has 3 N–H and O–H groups in total. The van der Waals surface area contributed by atoms with Crippen LogP contribution in [0.25, 0.3) is 10.8 Å². The highest BCUT2D eigenvalue weighted by Gasteiger charge is 2.78. The quantitative estimate of drug-likeness (QED) is 0.652. The molecule has 5 fully saturated rings. The van der Waals surface area contributed by atoms with Crippen molar-refractivity contribution in [2.24, 2.45) is 23.0 Å². The van der Waals surface area contributed by atoms with E-state index in [1.54, 1.807) is 0 Å². The van der Waals surface area contributed by atoms with Gasteiger partial charge in [-0.25, -0.2) is 0 Å². The highest BCUT2D eigenvalue weighted by atomic mass is 16.5. The first kappa shape index (κ1) is 21.8. The van der Waals surface area contributed by atoms with Crippen LogP contribution in [0.1, 0.15) is 57.4 Å². The molecular formula is C32H37N3O2. The molecule has 8 atom stereocenters. The lowest BCUT2D eigenvalue weighted by molar-refractivity contribution is -0.158. The van der Waals surface area contributed by atoms with Crippen molar-refractivity contribution in [1.82, 2.24) is 9.88 Å². The van der Waals surface area contributed by atoms with Crippen molar-refractivity contribution >= 4 is 10.8 Å². The van der Waals surface area contributed by atoms with Gasteiger partial charge >= 0.3 is 0 Å². The molecule has 1 unspecified atom stereocenters. The van der Waals surface area contributed by atoms with Crippen LogP contribution in [0.15, 0.2) is 60.0 Å². The summed E-state index contributed by atoms with van der Waals surface area (Å²) in [4.78, 5) is 6.81. The summed E-state index contributed by atoms with van der Waals surface area (Å²) in [5.74, 6) is 1.29. The van der Waals surface area contributed by atoms with E-state index in [4.69, 9.17) is 10.5 Å². The molecule has 5 nitrogen and oxygen atoms in total. The monoisotopic (exact) mass is 495 g/mol. The number of benzene rings is 1. The van der Waals surface area contributed by atoms with Crippen molar-refractivity contribution < 1.29 is 9.84 Å². The number of allylic oxidation sites excluding steroid dienone is 1. The Morgan fingerprint density at radius 3 is 2.89 bits per heavy atom. The van der Waals surface area contributed by atoms with Gasteiger partial charge in [0.25, 0.3) is 0 Å². The van der Waals surface area contributed by atoms with E-state index in [-0.39, 0.29) is 40.2 Å². The summed E-state index contributed by atoms with van der Waals surface area (Å²) in [6, 6.07) is 9.70. The summed E-state index contributed by atoms with van der Waals surface area (Å²) in [6.07, 6.45) is 16.2. The van der Waals surface area contributed by atoms with Gasteiger partial charge in [0, 0.05) is 48.4 Å². The van der Waals surface area contributed by atoms with Crippen molar-refractivity contribution in [2.45, 2.75) is 86.7 Å². The summed E-state index contributed by atoms with van der Waals surface area (Å²) in [6.45, 7) is 4.39. The molecule has 192 valence electrons. The molecule has 4 heterocycles. The Balaban J connectivity index is 1.11. The van der Waals surface area contributed by atoms with Gasteiger partial charge in [0.15, 0.2) is 0 Å². The molecule has 1 aromatic heterocycles. The zero-order chi connectivity index (χ0) is 24.8. The van der Waals surface area contributed by atoms with Crippen LogP contribution in [-0.2, 0) is 10.2 Å². The van der Waals surface area contributed by atoms with Crippen LogP contribution in [0.3, 0.4) is 0 Å². The molecule has 4 aliphatic carbocycles. The lowest BCUT2D eigenvalue weighted by Crippen LogP contribution is -2.65. The number of pyridine rings is 1. The van der Waals surface area contributed by atoms with Crippen LogP contribution in [0, 0.1) is 17.3 Å². The molecule has 2 bridgehead atoms. The van der Waals surface area contributed by atoms with Crippen LogP contribution < -0.4 is 5.73 Å². The molecule has 3 saturated carbocycles. The maximum atomic E-state index is 11.1. The predicted octanol–water partition coefficient (Wildman–Crippen LogP) is 4.24. The molecule has 3 aliphatic heterocycles. The second-order valence-electron chi connectivity index (χ2n) is 13.8. The number of nitrogens with zero attached hydrogens (tertiary/aromatic N) is 2. The second kappa shape index (κ2) is 6.74. The molecule has 9 rings (SSSR count). The average molecular weight is 496 g/mol. The SMILES string of the molecule is C[C@]12CC=C3C=C4C[C@@H](O)[C@@H](N5CC(N)C5)C[C@]45CCC3(O5)[C@@H]1C[C@H]1C[C@]12c1ccc2ccncc2c1. The fraction of sp³-hybridized carbons (Fsp3) is 0.594. The largest absolute Gasteiger partial charge is 0.391 e. The van der Waals surface area contributed by atoms with Crippen LogP contribution in [0.5, 0.6) is 0 Å². The third-order valence-electron chi connectivity index (χ3n) is 12.4. The van der Waals surface area contributed by atoms with Crippen LogP contribution >= 0.6 is 0 Å². The number of hydrogen-bond acceptors (Lipinski definition) is 5. The van der Waals surface area contributed by atoms with Crippen molar-refractivity contribution in [3.8, 4) is 0 Å². The highest BCUT2D eigenvalue weighted by molar-refractivity contribution is 5.82. The Bertz CT molecular complexity index is 1410. The van der Waals surface area contributed by atoms with E-state index in [0.29, 0.717) is 5.92 Å². The Morgan fingerprint density at radius 2 is 2.03 bits per heavy atom. The number of likely N-dealkylation sites (tertiary alicyclic amines) is 1. The zero-order valence-electron chi connectivity index (χ0n) is 21.7. The normalized spacial score (nSPS) is 47.9. The number of fused-ring (bicyclic) bond motifs is 4. The number of nitrogens with two attached hydrogens (primary N) is 1. The smallest absolute Gasteiger partial charge is 0.0975 e. The van der Waals surface area contributed by atoms with Crippen molar-refractivity contribution in [1.29, 1.82) is 0 Å². The van der Waals surface area contributed by atoms with Crippen LogP contribution in [0.2, 0.25) is 0 Å². The van der Waals surface area contributed by atoms with Gasteiger partial charge in [-0.3, -0.25) is 9.88 Å². The molecule has 7 aliphatic rings. The van der Waals surface area contributed by atoms with Gasteiger partial charge < -0.3 is 15.6 Å². The number of aromatic nitrogens is 1. The third kappa shape index (κ3) is 2.49. The number of aliphatic hydroxyl groups excluding tert-OH is 1. The minimum absolute atomic E-state index is 0.159. The molecule has 2 aromatic rings. The predicted molar refractivity (Wildman–Crippen MR) is 143 cm³/mol. The maximum absolute atomic E-state index is 11.1. The van der Waals surface area contributed by atoms with E-state index in [2.05, 4.69) is 53.2 Å². The standard InChI is InChI=1S/C32H37N3O2/c1-29-6-4-22-11-23-12-27(36)26(35-17-25(33)18-35)15-30(23)7-8-32(22,37-30)28(29)13-24-14-31(24,29)21-3-2-19-5-9-34-16-20(19)10-21/h2-5,9-11,16,24-28,36H,6-8,12-15,17-18,33H2,1H3/t24-,26-,27+,28+,29-,30+,31-,32?/m0/s1. The zero-order valence-corrected chi connectivity index (χ0v) is 21.7. The Labute approximate surface area is 218 Å². The van der Waals surface area contributed by atoms with E-state index in [1.165, 1.54) is 40.3 Å². The van der Waals surface area contributed by atoms with Gasteiger partial charge in [-0.15, -0.1) is 0 Å². The maximum Gasteiger partial charge on any atom is 0.0975 e. The number of hydrogen-bond donors (Lipinski definition) is 2. The van der Waals surface area contributed by atoms with Crippen molar-refractivity contribution in [3.63, 3.8) is 0 Å². The van der Waals surface area contributed by atoms with Crippen molar-refractivity contribution in [3.05, 3.63) is 65.5 Å². The topological polar surface area (TPSA) is 71.6 Å². The second-order valence-corrected chi connectivity index (χ2v) is 13.8. The fourth-order valence-electron chi connectivity index (χ4n) is 10.5. The summed E-state index contributed by atoms with van der Waals surface area (Å²) in [5, 5.41) is 13.6. The molecule has 0 radical (unpaired) electrons. The highest BCUT2D eigenvalue weighted by Crippen LogP contribution is 2.80. The van der Waals surface area contributed by atoms with Crippen LogP contribution in [-0.4, -0.2) is 57.5 Å². The molecule has 5 heteroatoms. The molecule has 2 saturated heterocycles. The molecule has 1 aromatic carbocycles. The van der Waals surface area contributed by atoms with E-state index < -0.39 is 0 Å². The summed E-state index contributed by atoms with van der Waals surface area (Å²) < 4.78 is 7.49. The average Bonchev–Trinajstić information content (AvgIpc) is 3.46. The van der Waals surface area contributed by atoms with Gasteiger partial charge in [0.1, 0.15) is 0 Å². The lowest BCUT2D eigenvalue weighted by atomic mass is 9.55. The fourth-order valence-corrected chi connectivity index (χ4v) is 10.5. The van der Waals surface area contributed by atoms with Gasteiger partial charge in [-0.05, 0) is 96.4 Å². The van der Waals surface area contributed by atoms with Gasteiger partial charge in [0.05, 0.1) is 17.3 Å².